The summed E-state index contributed by atoms with van der Waals surface area (Å²) in [5.74, 6) is 0. The van der Waals surface area contributed by atoms with Crippen molar-refractivity contribution in [2.75, 3.05) is 6.61 Å². The molecule has 2 heterocycles. The van der Waals surface area contributed by atoms with E-state index in [1.54, 1.807) is 0 Å². The van der Waals surface area contributed by atoms with Crippen molar-refractivity contribution < 1.29 is 4.74 Å². The summed E-state index contributed by atoms with van der Waals surface area (Å²) in [6, 6.07) is 10.6. The van der Waals surface area contributed by atoms with Crippen LogP contribution in [-0.2, 0) is 10.3 Å². The second kappa shape index (κ2) is 3.06. The monoisotopic (exact) mass is 203 g/mol. The number of hydrogen-bond acceptors (Lipinski definition) is 2. The molecule has 0 radical (unpaired) electrons. The Morgan fingerprint density at radius 3 is 2.20 bits per heavy atom. The number of ether oxygens (including phenoxy) is 1. The van der Waals surface area contributed by atoms with Gasteiger partial charge in [-0.3, -0.25) is 0 Å². The van der Waals surface area contributed by atoms with Gasteiger partial charge in [-0.1, -0.05) is 30.3 Å². The Balaban J connectivity index is 1.94. The minimum absolute atomic E-state index is 0.0254. The SMILES string of the molecule is NC12CCC(c3ccccc3)(CC1)OC2. The Hall–Kier alpha value is -0.860. The highest BCUT2D eigenvalue weighted by molar-refractivity contribution is 5.25. The molecule has 80 valence electrons. The van der Waals surface area contributed by atoms with Crippen molar-refractivity contribution in [2.45, 2.75) is 36.8 Å². The summed E-state index contributed by atoms with van der Waals surface area (Å²) < 4.78 is 6.03. The van der Waals surface area contributed by atoms with Crippen molar-refractivity contribution >= 4 is 0 Å². The molecule has 4 rings (SSSR count). The molecule has 0 amide bonds. The van der Waals surface area contributed by atoms with Crippen LogP contribution >= 0.6 is 0 Å². The standard InChI is InChI=1S/C13H17NO/c14-12-6-8-13(9-7-12,15-10-12)11-4-2-1-3-5-11/h1-5H,6-10,14H2. The first-order valence-electron chi connectivity index (χ1n) is 5.71. The Labute approximate surface area is 90.4 Å². The van der Waals surface area contributed by atoms with Gasteiger partial charge in [0.2, 0.25) is 0 Å². The first kappa shape index (κ1) is 9.37. The lowest BCUT2D eigenvalue weighted by Crippen LogP contribution is -2.58. The van der Waals surface area contributed by atoms with E-state index in [1.807, 2.05) is 0 Å². The van der Waals surface area contributed by atoms with E-state index in [0.717, 1.165) is 32.3 Å². The number of nitrogens with two attached hydrogens (primary N) is 1. The lowest BCUT2D eigenvalue weighted by atomic mass is 9.69. The van der Waals surface area contributed by atoms with Crippen LogP contribution in [-0.4, -0.2) is 12.1 Å². The first-order chi connectivity index (χ1) is 7.23. The largest absolute Gasteiger partial charge is 0.368 e. The lowest BCUT2D eigenvalue weighted by Gasteiger charge is -2.51. The highest BCUT2D eigenvalue weighted by atomic mass is 16.5. The van der Waals surface area contributed by atoms with E-state index in [0.29, 0.717) is 0 Å². The topological polar surface area (TPSA) is 35.2 Å². The van der Waals surface area contributed by atoms with Gasteiger partial charge in [0.15, 0.2) is 0 Å². The summed E-state index contributed by atoms with van der Waals surface area (Å²) in [4.78, 5) is 0. The summed E-state index contributed by atoms with van der Waals surface area (Å²) in [5.41, 5.74) is 7.48. The molecule has 3 aliphatic rings. The molecule has 2 N–H and O–H groups in total. The van der Waals surface area contributed by atoms with E-state index in [-0.39, 0.29) is 11.1 Å². The van der Waals surface area contributed by atoms with Crippen molar-refractivity contribution in [3.63, 3.8) is 0 Å². The maximum atomic E-state index is 6.21. The third kappa shape index (κ3) is 1.40. The van der Waals surface area contributed by atoms with Crippen LogP contribution in [0.4, 0.5) is 0 Å². The molecule has 2 saturated heterocycles. The second-order valence-electron chi connectivity index (χ2n) is 5.01. The zero-order valence-electron chi connectivity index (χ0n) is 8.91. The molecule has 2 bridgehead atoms. The van der Waals surface area contributed by atoms with Crippen LogP contribution in [0.3, 0.4) is 0 Å². The molecule has 0 unspecified atom stereocenters. The molecule has 2 nitrogen and oxygen atoms in total. The third-order valence-corrected chi connectivity index (χ3v) is 3.99. The molecule has 2 heteroatoms. The molecule has 3 fully saturated rings. The molecule has 0 atom stereocenters. The number of hydrogen-bond donors (Lipinski definition) is 1. The van der Waals surface area contributed by atoms with Gasteiger partial charge >= 0.3 is 0 Å². The Morgan fingerprint density at radius 2 is 1.67 bits per heavy atom. The minimum Gasteiger partial charge on any atom is -0.368 e. The minimum atomic E-state index is -0.0312. The maximum Gasteiger partial charge on any atom is 0.0933 e. The van der Waals surface area contributed by atoms with E-state index < -0.39 is 0 Å². The molecular formula is C13H17NO. The van der Waals surface area contributed by atoms with Crippen LogP contribution in [0.25, 0.3) is 0 Å². The first-order valence-corrected chi connectivity index (χ1v) is 5.71. The van der Waals surface area contributed by atoms with Gasteiger partial charge in [0.05, 0.1) is 12.2 Å². The van der Waals surface area contributed by atoms with Crippen LogP contribution in [0.15, 0.2) is 30.3 Å². The normalized spacial score (nSPS) is 39.3. The van der Waals surface area contributed by atoms with Gasteiger partial charge in [0.1, 0.15) is 0 Å². The smallest absolute Gasteiger partial charge is 0.0933 e. The van der Waals surface area contributed by atoms with E-state index in [9.17, 15) is 0 Å². The van der Waals surface area contributed by atoms with Crippen LogP contribution in [0.2, 0.25) is 0 Å². The van der Waals surface area contributed by atoms with Gasteiger partial charge in [0, 0.05) is 5.54 Å². The number of fused-ring (bicyclic) bond motifs is 3. The Kier molecular flexibility index (Phi) is 1.91. The molecular weight excluding hydrogens is 186 g/mol. The van der Waals surface area contributed by atoms with Crippen LogP contribution in [0.1, 0.15) is 31.2 Å². The summed E-state index contributed by atoms with van der Waals surface area (Å²) in [5, 5.41) is 0. The molecule has 0 spiro atoms. The lowest BCUT2D eigenvalue weighted by molar-refractivity contribution is -0.158. The molecule has 1 aromatic rings. The fourth-order valence-electron chi connectivity index (χ4n) is 2.84. The molecule has 0 aromatic heterocycles. The van der Waals surface area contributed by atoms with E-state index >= 15 is 0 Å². The summed E-state index contributed by atoms with van der Waals surface area (Å²) >= 11 is 0. The van der Waals surface area contributed by atoms with E-state index in [4.69, 9.17) is 10.5 Å². The summed E-state index contributed by atoms with van der Waals surface area (Å²) in [6.07, 6.45) is 4.35. The van der Waals surface area contributed by atoms with Crippen molar-refractivity contribution in [1.82, 2.24) is 0 Å². The predicted octanol–water partition coefficient (Wildman–Crippen LogP) is 2.18. The predicted molar refractivity (Wildman–Crippen MR) is 59.5 cm³/mol. The van der Waals surface area contributed by atoms with Crippen molar-refractivity contribution in [1.29, 1.82) is 0 Å². The third-order valence-electron chi connectivity index (χ3n) is 3.99. The van der Waals surface area contributed by atoms with Crippen molar-refractivity contribution in [2.24, 2.45) is 5.73 Å². The number of benzene rings is 1. The molecule has 2 aliphatic heterocycles. The van der Waals surface area contributed by atoms with Crippen molar-refractivity contribution in [3.05, 3.63) is 35.9 Å². The molecule has 1 aromatic carbocycles. The average molecular weight is 203 g/mol. The summed E-state index contributed by atoms with van der Waals surface area (Å²) in [7, 11) is 0. The zero-order chi connectivity index (χ0) is 10.4. The highest BCUT2D eigenvalue weighted by Crippen LogP contribution is 2.48. The van der Waals surface area contributed by atoms with Gasteiger partial charge in [-0.05, 0) is 31.2 Å². The van der Waals surface area contributed by atoms with Gasteiger partial charge in [-0.25, -0.2) is 0 Å². The van der Waals surface area contributed by atoms with E-state index in [1.165, 1.54) is 5.56 Å². The molecule has 15 heavy (non-hydrogen) atoms. The Bertz CT molecular complexity index is 336. The van der Waals surface area contributed by atoms with Crippen LogP contribution in [0.5, 0.6) is 0 Å². The quantitative estimate of drug-likeness (QED) is 0.759. The summed E-state index contributed by atoms with van der Waals surface area (Å²) in [6.45, 7) is 0.724. The van der Waals surface area contributed by atoms with Gasteiger partial charge in [-0.15, -0.1) is 0 Å². The Morgan fingerprint density at radius 1 is 1.00 bits per heavy atom. The fraction of sp³-hybridized carbons (Fsp3) is 0.538. The van der Waals surface area contributed by atoms with Gasteiger partial charge in [0.25, 0.3) is 0 Å². The van der Waals surface area contributed by atoms with Crippen LogP contribution in [0, 0.1) is 0 Å². The number of rotatable bonds is 1. The van der Waals surface area contributed by atoms with E-state index in [2.05, 4.69) is 30.3 Å². The van der Waals surface area contributed by atoms with Gasteiger partial charge < -0.3 is 10.5 Å². The van der Waals surface area contributed by atoms with Crippen molar-refractivity contribution in [3.8, 4) is 0 Å². The second-order valence-corrected chi connectivity index (χ2v) is 5.01. The average Bonchev–Trinajstić information content (AvgIpc) is 2.32. The van der Waals surface area contributed by atoms with Crippen LogP contribution < -0.4 is 5.73 Å². The molecule has 1 aliphatic carbocycles. The fourth-order valence-corrected chi connectivity index (χ4v) is 2.84. The zero-order valence-corrected chi connectivity index (χ0v) is 8.91. The maximum absolute atomic E-state index is 6.21. The van der Waals surface area contributed by atoms with Gasteiger partial charge in [-0.2, -0.15) is 0 Å². The highest BCUT2D eigenvalue weighted by Gasteiger charge is 2.48. The molecule has 1 saturated carbocycles.